The molecular formula is C14H16Cl2O2. The first-order valence-electron chi connectivity index (χ1n) is 6.20. The Bertz CT molecular complexity index is 451. The van der Waals surface area contributed by atoms with Gasteiger partial charge in [-0.05, 0) is 18.9 Å². The highest BCUT2D eigenvalue weighted by Gasteiger charge is 2.25. The summed E-state index contributed by atoms with van der Waals surface area (Å²) in [5.41, 5.74) is 0.554. The number of Topliss-reactive ketones (excluding diaryl/α,β-unsaturated/α-hetero) is 1. The van der Waals surface area contributed by atoms with Crippen molar-refractivity contribution in [3.63, 3.8) is 0 Å². The second kappa shape index (κ2) is 5.94. The van der Waals surface area contributed by atoms with Crippen LogP contribution in [0.15, 0.2) is 12.1 Å². The number of hydrogen-bond donors (Lipinski definition) is 0. The summed E-state index contributed by atoms with van der Waals surface area (Å²) < 4.78 is 5.23. The SMILES string of the molecule is COc1cc(Cl)c(Cl)cc1C(=O)C1CCCCC1. The molecule has 1 fully saturated rings. The van der Waals surface area contributed by atoms with Crippen LogP contribution in [0.1, 0.15) is 42.5 Å². The Kier molecular flexibility index (Phi) is 4.52. The molecule has 0 unspecified atom stereocenters. The summed E-state index contributed by atoms with van der Waals surface area (Å²) in [6.45, 7) is 0. The zero-order chi connectivity index (χ0) is 13.1. The van der Waals surface area contributed by atoms with Gasteiger partial charge in [0, 0.05) is 12.0 Å². The molecule has 0 heterocycles. The van der Waals surface area contributed by atoms with Crippen molar-refractivity contribution in [3.8, 4) is 5.75 Å². The molecule has 0 aromatic heterocycles. The molecule has 0 atom stereocenters. The highest BCUT2D eigenvalue weighted by atomic mass is 35.5. The van der Waals surface area contributed by atoms with Gasteiger partial charge in [-0.2, -0.15) is 0 Å². The second-order valence-corrected chi connectivity index (χ2v) is 5.48. The van der Waals surface area contributed by atoms with Gasteiger partial charge in [0.05, 0.1) is 22.7 Å². The van der Waals surface area contributed by atoms with Crippen molar-refractivity contribution in [3.05, 3.63) is 27.7 Å². The lowest BCUT2D eigenvalue weighted by Crippen LogP contribution is -2.18. The van der Waals surface area contributed by atoms with E-state index in [1.54, 1.807) is 12.1 Å². The van der Waals surface area contributed by atoms with E-state index in [1.807, 2.05) is 0 Å². The van der Waals surface area contributed by atoms with E-state index in [2.05, 4.69) is 0 Å². The average Bonchev–Trinajstić information content (AvgIpc) is 2.41. The van der Waals surface area contributed by atoms with Crippen molar-refractivity contribution < 1.29 is 9.53 Å². The molecule has 0 aliphatic heterocycles. The summed E-state index contributed by atoms with van der Waals surface area (Å²) in [6, 6.07) is 3.24. The van der Waals surface area contributed by atoms with E-state index in [4.69, 9.17) is 27.9 Å². The van der Waals surface area contributed by atoms with Crippen LogP contribution in [-0.4, -0.2) is 12.9 Å². The Balaban J connectivity index is 2.31. The molecule has 18 heavy (non-hydrogen) atoms. The normalized spacial score (nSPS) is 16.6. The van der Waals surface area contributed by atoms with E-state index < -0.39 is 0 Å². The molecule has 2 rings (SSSR count). The van der Waals surface area contributed by atoms with Gasteiger partial charge in [-0.15, -0.1) is 0 Å². The van der Waals surface area contributed by atoms with Gasteiger partial charge in [-0.1, -0.05) is 42.5 Å². The highest BCUT2D eigenvalue weighted by Crippen LogP contribution is 2.34. The lowest BCUT2D eigenvalue weighted by molar-refractivity contribution is 0.0886. The van der Waals surface area contributed by atoms with Gasteiger partial charge < -0.3 is 4.74 Å². The largest absolute Gasteiger partial charge is 0.496 e. The first-order chi connectivity index (χ1) is 8.63. The predicted octanol–water partition coefficient (Wildman–Crippen LogP) is 4.77. The van der Waals surface area contributed by atoms with E-state index in [0.29, 0.717) is 21.4 Å². The van der Waals surface area contributed by atoms with Crippen LogP contribution in [0.2, 0.25) is 10.0 Å². The van der Waals surface area contributed by atoms with Gasteiger partial charge in [-0.3, -0.25) is 4.79 Å². The molecule has 4 heteroatoms. The molecule has 0 radical (unpaired) electrons. The maximum atomic E-state index is 12.5. The van der Waals surface area contributed by atoms with Crippen molar-refractivity contribution in [2.75, 3.05) is 7.11 Å². The first-order valence-corrected chi connectivity index (χ1v) is 6.96. The zero-order valence-corrected chi connectivity index (χ0v) is 11.9. The number of benzene rings is 1. The quantitative estimate of drug-likeness (QED) is 0.749. The molecule has 1 aliphatic rings. The number of carbonyl (C=O) groups excluding carboxylic acids is 1. The lowest BCUT2D eigenvalue weighted by Gasteiger charge is -2.21. The van der Waals surface area contributed by atoms with Crippen LogP contribution in [-0.2, 0) is 0 Å². The summed E-state index contributed by atoms with van der Waals surface area (Å²) in [7, 11) is 1.54. The molecule has 1 aromatic rings. The standard InChI is InChI=1S/C14H16Cl2O2/c1-18-13-8-12(16)11(15)7-10(13)14(17)9-5-3-2-4-6-9/h7-9H,2-6H2,1H3. The minimum atomic E-state index is 0.102. The van der Waals surface area contributed by atoms with Crippen LogP contribution < -0.4 is 4.74 Å². The van der Waals surface area contributed by atoms with Gasteiger partial charge in [-0.25, -0.2) is 0 Å². The van der Waals surface area contributed by atoms with E-state index in [1.165, 1.54) is 13.5 Å². The van der Waals surface area contributed by atoms with Crippen LogP contribution in [0.25, 0.3) is 0 Å². The predicted molar refractivity (Wildman–Crippen MR) is 73.9 cm³/mol. The number of methoxy groups -OCH3 is 1. The molecule has 0 N–H and O–H groups in total. The van der Waals surface area contributed by atoms with E-state index >= 15 is 0 Å². The van der Waals surface area contributed by atoms with Crippen molar-refractivity contribution in [1.29, 1.82) is 0 Å². The van der Waals surface area contributed by atoms with Gasteiger partial charge >= 0.3 is 0 Å². The van der Waals surface area contributed by atoms with Crippen LogP contribution >= 0.6 is 23.2 Å². The molecule has 0 spiro atoms. The summed E-state index contributed by atoms with van der Waals surface area (Å²) in [6.07, 6.45) is 5.40. The smallest absolute Gasteiger partial charge is 0.169 e. The third kappa shape index (κ3) is 2.81. The molecular weight excluding hydrogens is 271 g/mol. The highest BCUT2D eigenvalue weighted by molar-refractivity contribution is 6.42. The third-order valence-electron chi connectivity index (χ3n) is 3.48. The number of rotatable bonds is 3. The summed E-state index contributed by atoms with van der Waals surface area (Å²) >= 11 is 11.9. The number of hydrogen-bond acceptors (Lipinski definition) is 2. The Labute approximate surface area is 117 Å². The third-order valence-corrected chi connectivity index (χ3v) is 4.21. The van der Waals surface area contributed by atoms with E-state index in [9.17, 15) is 4.79 Å². The summed E-state index contributed by atoms with van der Waals surface area (Å²) in [4.78, 5) is 12.5. The maximum Gasteiger partial charge on any atom is 0.169 e. The lowest BCUT2D eigenvalue weighted by atomic mass is 9.83. The zero-order valence-electron chi connectivity index (χ0n) is 10.3. The number of ether oxygens (including phenoxy) is 1. The number of carbonyl (C=O) groups is 1. The molecule has 0 amide bonds. The Morgan fingerprint density at radius 1 is 1.17 bits per heavy atom. The number of ketones is 1. The van der Waals surface area contributed by atoms with E-state index in [0.717, 1.165) is 25.7 Å². The van der Waals surface area contributed by atoms with E-state index in [-0.39, 0.29) is 11.7 Å². The Hall–Kier alpha value is -0.730. The topological polar surface area (TPSA) is 26.3 Å². The van der Waals surface area contributed by atoms with Crippen LogP contribution in [0.5, 0.6) is 5.75 Å². The minimum absolute atomic E-state index is 0.102. The minimum Gasteiger partial charge on any atom is -0.496 e. The van der Waals surface area contributed by atoms with Crippen LogP contribution in [0, 0.1) is 5.92 Å². The fourth-order valence-electron chi connectivity index (χ4n) is 2.47. The van der Waals surface area contributed by atoms with Gasteiger partial charge in [0.15, 0.2) is 5.78 Å². The molecule has 0 bridgehead atoms. The van der Waals surface area contributed by atoms with Gasteiger partial charge in [0.1, 0.15) is 5.75 Å². The second-order valence-electron chi connectivity index (χ2n) is 4.67. The van der Waals surface area contributed by atoms with Crippen molar-refractivity contribution >= 4 is 29.0 Å². The van der Waals surface area contributed by atoms with Crippen molar-refractivity contribution in [1.82, 2.24) is 0 Å². The Morgan fingerprint density at radius 2 is 1.78 bits per heavy atom. The molecule has 1 saturated carbocycles. The maximum absolute atomic E-state index is 12.5. The monoisotopic (exact) mass is 286 g/mol. The molecule has 1 aliphatic carbocycles. The summed E-state index contributed by atoms with van der Waals surface area (Å²) in [5.74, 6) is 0.745. The fourth-order valence-corrected chi connectivity index (χ4v) is 2.79. The summed E-state index contributed by atoms with van der Waals surface area (Å²) in [5, 5.41) is 0.810. The molecule has 2 nitrogen and oxygen atoms in total. The van der Waals surface area contributed by atoms with Gasteiger partial charge in [0.2, 0.25) is 0 Å². The molecule has 98 valence electrons. The Morgan fingerprint density at radius 3 is 2.39 bits per heavy atom. The average molecular weight is 287 g/mol. The van der Waals surface area contributed by atoms with Crippen LogP contribution in [0.4, 0.5) is 0 Å². The van der Waals surface area contributed by atoms with Gasteiger partial charge in [0.25, 0.3) is 0 Å². The fraction of sp³-hybridized carbons (Fsp3) is 0.500. The van der Waals surface area contributed by atoms with Crippen LogP contribution in [0.3, 0.4) is 0 Å². The van der Waals surface area contributed by atoms with Crippen molar-refractivity contribution in [2.45, 2.75) is 32.1 Å². The first kappa shape index (κ1) is 13.7. The van der Waals surface area contributed by atoms with Crippen molar-refractivity contribution in [2.24, 2.45) is 5.92 Å². The molecule has 0 saturated heterocycles. The molecule has 1 aromatic carbocycles. The number of halogens is 2.